The Balaban J connectivity index is 0.00000225. The Labute approximate surface area is 172 Å². The van der Waals surface area contributed by atoms with Crippen molar-refractivity contribution in [2.24, 2.45) is 0 Å². The first kappa shape index (κ1) is 20.7. The first-order valence-electron chi connectivity index (χ1n) is 9.96. The number of para-hydroxylation sites is 1. The Bertz CT molecular complexity index is 725. The van der Waals surface area contributed by atoms with Crippen molar-refractivity contribution in [3.05, 3.63) is 42.0 Å². The lowest BCUT2D eigenvalue weighted by atomic mass is 10.1. The van der Waals surface area contributed by atoms with Crippen molar-refractivity contribution >= 4 is 24.2 Å². The molecular weight excluding hydrogens is 378 g/mol. The molecule has 1 N–H and O–H groups in total. The number of hydrogen-bond donors (Lipinski definition) is 1. The minimum Gasteiger partial charge on any atom is -0.489 e. The maximum Gasteiger partial charge on any atom is 0.257 e. The fourth-order valence-corrected chi connectivity index (χ4v) is 4.04. The average Bonchev–Trinajstić information content (AvgIpc) is 3.42. The Hall–Kier alpha value is -2.05. The first-order chi connectivity index (χ1) is 13.2. The van der Waals surface area contributed by atoms with Crippen LogP contribution in [-0.2, 0) is 4.79 Å². The summed E-state index contributed by atoms with van der Waals surface area (Å²) in [5, 5.41) is 3.18. The second kappa shape index (κ2) is 9.43. The van der Waals surface area contributed by atoms with Crippen molar-refractivity contribution < 1.29 is 14.3 Å². The number of carbonyl (C=O) groups is 2. The van der Waals surface area contributed by atoms with Crippen LogP contribution in [0.25, 0.3) is 0 Å². The lowest BCUT2D eigenvalue weighted by Gasteiger charge is -2.33. The van der Waals surface area contributed by atoms with Gasteiger partial charge in [-0.25, -0.2) is 0 Å². The molecule has 0 bridgehead atoms. The quantitative estimate of drug-likeness (QED) is 0.780. The molecule has 3 aliphatic rings. The Morgan fingerprint density at radius 2 is 1.71 bits per heavy atom. The molecule has 6 nitrogen and oxygen atoms in total. The van der Waals surface area contributed by atoms with Gasteiger partial charge >= 0.3 is 0 Å². The molecule has 1 aromatic carbocycles. The number of nitrogens with one attached hydrogen (secondary N) is 1. The van der Waals surface area contributed by atoms with E-state index < -0.39 is 0 Å². The van der Waals surface area contributed by atoms with Crippen LogP contribution in [0.3, 0.4) is 0 Å². The van der Waals surface area contributed by atoms with Gasteiger partial charge in [0, 0.05) is 45.6 Å². The molecular formula is C21H28ClN3O3. The molecule has 7 heteroatoms. The van der Waals surface area contributed by atoms with Gasteiger partial charge in [-0.3, -0.25) is 14.9 Å². The molecule has 2 fully saturated rings. The van der Waals surface area contributed by atoms with Crippen LogP contribution in [-0.4, -0.2) is 66.5 Å². The van der Waals surface area contributed by atoms with Crippen LogP contribution >= 0.6 is 12.4 Å². The third-order valence-corrected chi connectivity index (χ3v) is 5.61. The van der Waals surface area contributed by atoms with Gasteiger partial charge in [0.1, 0.15) is 17.9 Å². The molecule has 28 heavy (non-hydrogen) atoms. The number of amides is 2. The van der Waals surface area contributed by atoms with Gasteiger partial charge in [0.2, 0.25) is 5.91 Å². The van der Waals surface area contributed by atoms with E-state index in [9.17, 15) is 9.59 Å². The summed E-state index contributed by atoms with van der Waals surface area (Å²) in [6, 6.07) is 7.36. The second-order valence-corrected chi connectivity index (χ2v) is 7.45. The predicted octanol–water partition coefficient (Wildman–Crippen LogP) is 2.24. The zero-order valence-electron chi connectivity index (χ0n) is 16.0. The van der Waals surface area contributed by atoms with Gasteiger partial charge in [0.05, 0.1) is 5.56 Å². The van der Waals surface area contributed by atoms with Gasteiger partial charge in [-0.1, -0.05) is 24.3 Å². The molecule has 0 radical (unpaired) electrons. The molecule has 0 aliphatic carbocycles. The summed E-state index contributed by atoms with van der Waals surface area (Å²) in [6.07, 6.45) is 7.69. The fourth-order valence-electron chi connectivity index (χ4n) is 4.04. The molecule has 0 spiro atoms. The van der Waals surface area contributed by atoms with Crippen molar-refractivity contribution in [2.75, 3.05) is 32.7 Å². The minimum absolute atomic E-state index is 0. The first-order valence-corrected chi connectivity index (χ1v) is 9.96. The molecule has 0 saturated carbocycles. The third-order valence-electron chi connectivity index (χ3n) is 5.61. The van der Waals surface area contributed by atoms with E-state index in [1.165, 1.54) is 0 Å². The normalized spacial score (nSPS) is 22.2. The average molecular weight is 406 g/mol. The third kappa shape index (κ3) is 4.50. The predicted molar refractivity (Wildman–Crippen MR) is 110 cm³/mol. The summed E-state index contributed by atoms with van der Waals surface area (Å²) in [6.45, 7) is 3.81. The monoisotopic (exact) mass is 405 g/mol. The molecule has 1 unspecified atom stereocenters. The van der Waals surface area contributed by atoms with E-state index in [4.69, 9.17) is 4.74 Å². The summed E-state index contributed by atoms with van der Waals surface area (Å²) in [7, 11) is 0. The molecule has 152 valence electrons. The zero-order chi connectivity index (χ0) is 18.6. The topological polar surface area (TPSA) is 61.9 Å². The molecule has 2 saturated heterocycles. The van der Waals surface area contributed by atoms with Crippen LogP contribution in [0.4, 0.5) is 0 Å². The van der Waals surface area contributed by atoms with Crippen molar-refractivity contribution in [1.82, 2.24) is 15.1 Å². The SMILES string of the molecule is Cl.O=C(c1ccccc1OC1CCN(C(=O)C2C=CCN2)CC1)N1CCCC1. The number of hydrogen-bond acceptors (Lipinski definition) is 4. The summed E-state index contributed by atoms with van der Waals surface area (Å²) < 4.78 is 6.21. The largest absolute Gasteiger partial charge is 0.489 e. The number of likely N-dealkylation sites (tertiary alicyclic amines) is 2. The summed E-state index contributed by atoms with van der Waals surface area (Å²) in [4.78, 5) is 29.1. The Morgan fingerprint density at radius 3 is 2.39 bits per heavy atom. The highest BCUT2D eigenvalue weighted by Crippen LogP contribution is 2.26. The van der Waals surface area contributed by atoms with E-state index >= 15 is 0 Å². The number of carbonyl (C=O) groups excluding carboxylic acids is 2. The minimum atomic E-state index is -0.179. The van der Waals surface area contributed by atoms with Crippen LogP contribution in [0.2, 0.25) is 0 Å². The second-order valence-electron chi connectivity index (χ2n) is 7.45. The van der Waals surface area contributed by atoms with E-state index in [1.807, 2.05) is 46.2 Å². The van der Waals surface area contributed by atoms with Crippen LogP contribution in [0.1, 0.15) is 36.0 Å². The number of ether oxygens (including phenoxy) is 1. The van der Waals surface area contributed by atoms with Crippen LogP contribution in [0.5, 0.6) is 5.75 Å². The molecule has 1 atom stereocenters. The van der Waals surface area contributed by atoms with Crippen LogP contribution < -0.4 is 10.1 Å². The summed E-state index contributed by atoms with van der Waals surface area (Å²) in [5.74, 6) is 0.876. The van der Waals surface area contributed by atoms with E-state index in [0.717, 1.165) is 45.3 Å². The molecule has 2 amide bonds. The van der Waals surface area contributed by atoms with Crippen molar-refractivity contribution in [3.63, 3.8) is 0 Å². The van der Waals surface area contributed by atoms with Gasteiger partial charge < -0.3 is 14.5 Å². The van der Waals surface area contributed by atoms with Gasteiger partial charge in [-0.2, -0.15) is 0 Å². The summed E-state index contributed by atoms with van der Waals surface area (Å²) >= 11 is 0. The number of rotatable bonds is 4. The lowest BCUT2D eigenvalue weighted by Crippen LogP contribution is -2.48. The lowest BCUT2D eigenvalue weighted by molar-refractivity contribution is -0.133. The fraction of sp³-hybridized carbons (Fsp3) is 0.524. The van der Waals surface area contributed by atoms with Crippen molar-refractivity contribution in [2.45, 2.75) is 37.8 Å². The van der Waals surface area contributed by atoms with Crippen LogP contribution in [0.15, 0.2) is 36.4 Å². The van der Waals surface area contributed by atoms with Crippen molar-refractivity contribution in [3.8, 4) is 5.75 Å². The number of piperidine rings is 1. The number of benzene rings is 1. The standard InChI is InChI=1S/C21H27N3O3.ClH/c25-20(23-12-3-4-13-23)17-6-1-2-8-19(17)27-16-9-14-24(15-10-16)21(26)18-7-5-11-22-18;/h1-2,5-8,16,18,22H,3-4,9-15H2;1H. The molecule has 3 heterocycles. The maximum absolute atomic E-state index is 12.8. The number of nitrogens with zero attached hydrogens (tertiary/aromatic N) is 2. The van der Waals surface area contributed by atoms with Gasteiger partial charge in [-0.15, -0.1) is 12.4 Å². The molecule has 1 aromatic rings. The van der Waals surface area contributed by atoms with E-state index in [2.05, 4.69) is 5.32 Å². The molecule has 0 aromatic heterocycles. The van der Waals surface area contributed by atoms with Crippen molar-refractivity contribution in [1.29, 1.82) is 0 Å². The van der Waals surface area contributed by atoms with E-state index in [0.29, 0.717) is 24.4 Å². The van der Waals surface area contributed by atoms with Crippen LogP contribution in [0, 0.1) is 0 Å². The molecule has 4 rings (SSSR count). The highest BCUT2D eigenvalue weighted by atomic mass is 35.5. The highest BCUT2D eigenvalue weighted by molar-refractivity contribution is 5.97. The smallest absolute Gasteiger partial charge is 0.257 e. The van der Waals surface area contributed by atoms with Gasteiger partial charge in [0.15, 0.2) is 0 Å². The maximum atomic E-state index is 12.8. The number of halogens is 1. The van der Waals surface area contributed by atoms with E-state index in [1.54, 1.807) is 0 Å². The Kier molecular flexibility index (Phi) is 6.97. The van der Waals surface area contributed by atoms with E-state index in [-0.39, 0.29) is 36.4 Å². The highest BCUT2D eigenvalue weighted by Gasteiger charge is 2.29. The molecule has 3 aliphatic heterocycles. The zero-order valence-corrected chi connectivity index (χ0v) is 16.8. The Morgan fingerprint density at radius 1 is 1.00 bits per heavy atom. The summed E-state index contributed by atoms with van der Waals surface area (Å²) in [5.41, 5.74) is 0.651. The van der Waals surface area contributed by atoms with Gasteiger partial charge in [0.25, 0.3) is 5.91 Å². The van der Waals surface area contributed by atoms with Gasteiger partial charge in [-0.05, 0) is 25.0 Å².